The molecule has 0 heterocycles. The van der Waals surface area contributed by atoms with Gasteiger partial charge in [0.2, 0.25) is 0 Å². The van der Waals surface area contributed by atoms with Gasteiger partial charge in [-0.2, -0.15) is 0 Å². The van der Waals surface area contributed by atoms with Crippen molar-refractivity contribution in [3.05, 3.63) is 0 Å². The van der Waals surface area contributed by atoms with E-state index < -0.39 is 11.9 Å². The minimum absolute atomic E-state index is 0.0451. The Balaban J connectivity index is 0. The van der Waals surface area contributed by atoms with Crippen LogP contribution in [0, 0.1) is 5.41 Å². The van der Waals surface area contributed by atoms with Gasteiger partial charge in [-0.1, -0.05) is 13.8 Å². The summed E-state index contributed by atoms with van der Waals surface area (Å²) in [4.78, 5) is 19.6. The number of carbonyl (C=O) groups excluding carboxylic acids is 2. The van der Waals surface area contributed by atoms with Crippen LogP contribution in [0.15, 0.2) is 0 Å². The summed E-state index contributed by atoms with van der Waals surface area (Å²) in [6.45, 7) is 6.05. The molecule has 0 spiro atoms. The second kappa shape index (κ2) is 7.46. The maximum absolute atomic E-state index is 9.81. The van der Waals surface area contributed by atoms with Gasteiger partial charge >= 0.3 is 11.9 Å². The van der Waals surface area contributed by atoms with Gasteiger partial charge < -0.3 is 14.9 Å². The summed E-state index contributed by atoms with van der Waals surface area (Å²) in [6, 6.07) is 0. The number of rotatable bonds is 2. The average molecular weight is 206 g/mol. The van der Waals surface area contributed by atoms with Gasteiger partial charge in [0.15, 0.2) is 0 Å². The van der Waals surface area contributed by atoms with E-state index in [1.807, 2.05) is 0 Å². The van der Waals surface area contributed by atoms with Crippen LogP contribution in [0.3, 0.4) is 0 Å². The Morgan fingerprint density at radius 1 is 1.07 bits per heavy atom. The molecular weight excluding hydrogens is 188 g/mol. The molecule has 0 saturated heterocycles. The number of ether oxygens (including phenoxy) is 1. The van der Waals surface area contributed by atoms with Crippen molar-refractivity contribution in [2.24, 2.45) is 5.41 Å². The van der Waals surface area contributed by atoms with E-state index in [-0.39, 0.29) is 18.6 Å². The molecule has 0 aromatic carbocycles. The molecule has 5 heteroatoms. The first-order valence-electron chi connectivity index (χ1n) is 4.16. The molecule has 0 atom stereocenters. The quantitative estimate of drug-likeness (QED) is 0.494. The topological polar surface area (TPSA) is 83.8 Å². The lowest BCUT2D eigenvalue weighted by atomic mass is 9.97. The second-order valence-corrected chi connectivity index (χ2v) is 3.57. The van der Waals surface area contributed by atoms with Crippen LogP contribution in [0.1, 0.15) is 27.7 Å². The van der Waals surface area contributed by atoms with Gasteiger partial charge in [0.1, 0.15) is 0 Å². The zero-order valence-corrected chi connectivity index (χ0v) is 9.03. The van der Waals surface area contributed by atoms with Gasteiger partial charge in [0.25, 0.3) is 0 Å². The van der Waals surface area contributed by atoms with Crippen LogP contribution in [0.2, 0.25) is 0 Å². The van der Waals surface area contributed by atoms with Crippen LogP contribution < -0.4 is 0 Å². The van der Waals surface area contributed by atoms with E-state index in [0.29, 0.717) is 0 Å². The molecule has 0 fully saturated rings. The number of aliphatic hydroxyl groups is 2. The molecule has 0 saturated carbocycles. The van der Waals surface area contributed by atoms with E-state index in [2.05, 4.69) is 4.74 Å². The molecule has 0 aliphatic heterocycles. The summed E-state index contributed by atoms with van der Waals surface area (Å²) >= 11 is 0. The summed E-state index contributed by atoms with van der Waals surface area (Å²) < 4.78 is 3.97. The number of hydrogen-bond donors (Lipinski definition) is 2. The Morgan fingerprint density at radius 3 is 1.36 bits per heavy atom. The van der Waals surface area contributed by atoms with Crippen molar-refractivity contribution < 1.29 is 24.5 Å². The molecule has 0 radical (unpaired) electrons. The SMILES string of the molecule is CC(=O)OC(C)=O.CC(C)(CO)CO. The van der Waals surface area contributed by atoms with Crippen molar-refractivity contribution in [1.82, 2.24) is 0 Å². The normalized spacial score (nSPS) is 9.86. The van der Waals surface area contributed by atoms with Crippen molar-refractivity contribution in [1.29, 1.82) is 0 Å². The monoisotopic (exact) mass is 206 g/mol. The van der Waals surface area contributed by atoms with Gasteiger partial charge in [-0.25, -0.2) is 0 Å². The number of hydrogen-bond acceptors (Lipinski definition) is 5. The molecule has 0 amide bonds. The standard InChI is InChI=1S/C5H12O2.C4H6O3/c1-5(2,3-6)4-7;1-3(5)7-4(2)6/h6-7H,3-4H2,1-2H3;1-2H3. The zero-order valence-electron chi connectivity index (χ0n) is 9.03. The highest BCUT2D eigenvalue weighted by molar-refractivity contribution is 5.82. The van der Waals surface area contributed by atoms with Gasteiger partial charge in [-0.15, -0.1) is 0 Å². The van der Waals surface area contributed by atoms with Crippen LogP contribution in [0.5, 0.6) is 0 Å². The predicted molar refractivity (Wildman–Crippen MR) is 50.4 cm³/mol. The van der Waals surface area contributed by atoms with Crippen LogP contribution >= 0.6 is 0 Å². The molecule has 14 heavy (non-hydrogen) atoms. The second-order valence-electron chi connectivity index (χ2n) is 3.57. The number of esters is 2. The maximum Gasteiger partial charge on any atom is 0.310 e. The van der Waals surface area contributed by atoms with Crippen molar-refractivity contribution in [3.8, 4) is 0 Å². The summed E-state index contributed by atoms with van der Waals surface area (Å²) in [5.74, 6) is -1.12. The van der Waals surface area contributed by atoms with E-state index in [9.17, 15) is 9.59 Å². The molecule has 0 aromatic heterocycles. The van der Waals surface area contributed by atoms with Crippen LogP contribution in [-0.2, 0) is 14.3 Å². The van der Waals surface area contributed by atoms with Crippen molar-refractivity contribution in [3.63, 3.8) is 0 Å². The average Bonchev–Trinajstić information content (AvgIpc) is 2.03. The Labute approximate surface area is 83.7 Å². The van der Waals surface area contributed by atoms with Gasteiger partial charge in [0, 0.05) is 19.3 Å². The maximum atomic E-state index is 9.81. The molecule has 0 unspecified atom stereocenters. The van der Waals surface area contributed by atoms with E-state index in [1.165, 1.54) is 13.8 Å². The largest absolute Gasteiger partial charge is 0.396 e. The highest BCUT2D eigenvalue weighted by Gasteiger charge is 2.13. The fraction of sp³-hybridized carbons (Fsp3) is 0.778. The van der Waals surface area contributed by atoms with Crippen LogP contribution in [-0.4, -0.2) is 35.4 Å². The van der Waals surface area contributed by atoms with Gasteiger partial charge in [0.05, 0.1) is 13.2 Å². The Bertz CT molecular complexity index is 168. The zero-order chi connectivity index (χ0) is 11.8. The minimum atomic E-state index is -0.562. The van der Waals surface area contributed by atoms with Gasteiger partial charge in [-0.3, -0.25) is 9.59 Å². The molecule has 0 aliphatic carbocycles. The van der Waals surface area contributed by atoms with Crippen molar-refractivity contribution >= 4 is 11.9 Å². The fourth-order valence-corrected chi connectivity index (χ4v) is 0.252. The molecule has 0 rings (SSSR count). The molecule has 84 valence electrons. The van der Waals surface area contributed by atoms with E-state index >= 15 is 0 Å². The van der Waals surface area contributed by atoms with E-state index in [1.54, 1.807) is 13.8 Å². The first-order valence-corrected chi connectivity index (χ1v) is 4.16. The molecule has 2 N–H and O–H groups in total. The molecular formula is C9H18O5. The summed E-state index contributed by atoms with van der Waals surface area (Å²) in [6.07, 6.45) is 0. The minimum Gasteiger partial charge on any atom is -0.396 e. The highest BCUT2D eigenvalue weighted by Crippen LogP contribution is 2.10. The van der Waals surface area contributed by atoms with Crippen molar-refractivity contribution in [2.45, 2.75) is 27.7 Å². The molecule has 0 aromatic rings. The number of aliphatic hydroxyl groups excluding tert-OH is 2. The first kappa shape index (κ1) is 15.5. The van der Waals surface area contributed by atoms with Gasteiger partial charge in [-0.05, 0) is 0 Å². The third kappa shape index (κ3) is 13.6. The fourth-order valence-electron chi connectivity index (χ4n) is 0.252. The first-order chi connectivity index (χ1) is 6.25. The van der Waals surface area contributed by atoms with Crippen LogP contribution in [0.25, 0.3) is 0 Å². The Morgan fingerprint density at radius 2 is 1.36 bits per heavy atom. The summed E-state index contributed by atoms with van der Waals surface area (Å²) in [5, 5.41) is 16.9. The third-order valence-corrected chi connectivity index (χ3v) is 1.14. The molecule has 0 aliphatic rings. The predicted octanol–water partition coefficient (Wildman–Crippen LogP) is 0.0932. The Hall–Kier alpha value is -0.940. The van der Waals surface area contributed by atoms with Crippen LogP contribution in [0.4, 0.5) is 0 Å². The van der Waals surface area contributed by atoms with E-state index in [0.717, 1.165) is 0 Å². The summed E-state index contributed by atoms with van der Waals surface area (Å²) in [5.41, 5.74) is -0.306. The lowest BCUT2D eigenvalue weighted by Gasteiger charge is -2.16. The highest BCUT2D eigenvalue weighted by atomic mass is 16.6. The third-order valence-electron chi connectivity index (χ3n) is 1.14. The molecule has 0 bridgehead atoms. The number of carbonyl (C=O) groups is 2. The lowest BCUT2D eigenvalue weighted by molar-refractivity contribution is -0.156. The smallest absolute Gasteiger partial charge is 0.310 e. The Kier molecular flexibility index (Phi) is 8.28. The van der Waals surface area contributed by atoms with Crippen molar-refractivity contribution in [2.75, 3.05) is 13.2 Å². The van der Waals surface area contributed by atoms with E-state index in [4.69, 9.17) is 10.2 Å². The summed E-state index contributed by atoms with van der Waals surface area (Å²) in [7, 11) is 0. The lowest BCUT2D eigenvalue weighted by Crippen LogP contribution is -2.20. The molecule has 5 nitrogen and oxygen atoms in total.